The summed E-state index contributed by atoms with van der Waals surface area (Å²) in [7, 11) is 0. The fourth-order valence-electron chi connectivity index (χ4n) is 4.23. The second kappa shape index (κ2) is 7.35. The number of carbonyl (C=O) groups excluding carboxylic acids is 2. The van der Waals surface area contributed by atoms with E-state index in [0.717, 1.165) is 6.07 Å². The molecule has 1 aliphatic carbocycles. The molecule has 3 rings (SSSR count). The maximum Gasteiger partial charge on any atom is 0.416 e. The summed E-state index contributed by atoms with van der Waals surface area (Å²) < 4.78 is 46.4. The number of ketones is 1. The summed E-state index contributed by atoms with van der Waals surface area (Å²) in [6.45, 7) is 7.22. The van der Waals surface area contributed by atoms with Crippen LogP contribution in [0.1, 0.15) is 57.6 Å². The van der Waals surface area contributed by atoms with E-state index in [2.05, 4.69) is 5.32 Å². The molecule has 1 N–H and O–H groups in total. The van der Waals surface area contributed by atoms with Gasteiger partial charge in [0.1, 0.15) is 0 Å². The van der Waals surface area contributed by atoms with Crippen LogP contribution in [-0.4, -0.2) is 18.4 Å². The van der Waals surface area contributed by atoms with Gasteiger partial charge in [0.25, 0.3) is 0 Å². The Kier molecular flexibility index (Phi) is 5.36. The number of Topliss-reactive ketones (excluding diaryl/α,β-unsaturated/α-hetero) is 1. The van der Waals surface area contributed by atoms with Gasteiger partial charge in [0, 0.05) is 29.3 Å². The molecule has 156 valence electrons. The van der Waals surface area contributed by atoms with Crippen LogP contribution in [0.2, 0.25) is 0 Å². The number of carbonyl (C=O) groups is 2. The van der Waals surface area contributed by atoms with Gasteiger partial charge >= 0.3 is 12.1 Å². The first kappa shape index (κ1) is 21.1. The molecule has 7 heteroatoms. The number of nitrogens with one attached hydrogen (secondary N) is 1. The highest BCUT2D eigenvalue weighted by atomic mass is 19.4. The Balaban J connectivity index is 2.28. The van der Waals surface area contributed by atoms with Gasteiger partial charge in [-0.05, 0) is 37.3 Å². The molecule has 1 heterocycles. The summed E-state index contributed by atoms with van der Waals surface area (Å²) in [6.07, 6.45) is -3.91. The number of esters is 1. The van der Waals surface area contributed by atoms with Crippen molar-refractivity contribution in [2.45, 2.75) is 52.6 Å². The van der Waals surface area contributed by atoms with E-state index in [4.69, 9.17) is 4.74 Å². The molecule has 1 aliphatic heterocycles. The highest BCUT2D eigenvalue weighted by Gasteiger charge is 2.46. The zero-order valence-corrected chi connectivity index (χ0v) is 16.9. The molecule has 0 amide bonds. The summed E-state index contributed by atoms with van der Waals surface area (Å²) in [5.74, 6) is -2.09. The van der Waals surface area contributed by atoms with Crippen molar-refractivity contribution in [3.05, 3.63) is 57.9 Å². The molecular weight excluding hydrogens is 383 g/mol. The van der Waals surface area contributed by atoms with E-state index in [1.165, 1.54) is 18.2 Å². The van der Waals surface area contributed by atoms with Crippen LogP contribution in [0.25, 0.3) is 0 Å². The molecule has 0 saturated heterocycles. The van der Waals surface area contributed by atoms with Crippen LogP contribution in [0.4, 0.5) is 13.2 Å². The monoisotopic (exact) mass is 407 g/mol. The lowest BCUT2D eigenvalue weighted by Gasteiger charge is -2.39. The van der Waals surface area contributed by atoms with Gasteiger partial charge in [-0.3, -0.25) is 4.79 Å². The first-order chi connectivity index (χ1) is 13.5. The molecule has 4 nitrogen and oxygen atoms in total. The van der Waals surface area contributed by atoms with E-state index in [1.807, 2.05) is 13.8 Å². The molecule has 1 aromatic rings. The molecule has 1 aromatic carbocycles. The third-order valence-corrected chi connectivity index (χ3v) is 5.31. The standard InChI is InChI=1S/C22H24F3NO3/c1-5-29-20(28)17-12(2)26-15-10-21(3,4)11-16(27)19(15)18(17)13-8-6-7-9-14(13)22(23,24)25/h6-9,18,26H,5,10-11H2,1-4H3. The predicted molar refractivity (Wildman–Crippen MR) is 102 cm³/mol. The number of alkyl halides is 3. The Labute approximate surface area is 167 Å². The number of halogens is 3. The first-order valence-corrected chi connectivity index (χ1v) is 9.53. The van der Waals surface area contributed by atoms with Crippen molar-refractivity contribution in [2.75, 3.05) is 6.61 Å². The summed E-state index contributed by atoms with van der Waals surface area (Å²) >= 11 is 0. The number of ether oxygens (including phenoxy) is 1. The third-order valence-electron chi connectivity index (χ3n) is 5.31. The van der Waals surface area contributed by atoms with E-state index in [0.29, 0.717) is 17.8 Å². The molecule has 1 unspecified atom stereocenters. The van der Waals surface area contributed by atoms with Crippen LogP contribution in [0, 0.1) is 5.41 Å². The number of dihydropyridines is 1. The highest BCUT2D eigenvalue weighted by Crippen LogP contribution is 2.49. The zero-order chi connectivity index (χ0) is 21.6. The van der Waals surface area contributed by atoms with E-state index < -0.39 is 23.6 Å². The molecule has 29 heavy (non-hydrogen) atoms. The number of rotatable bonds is 3. The van der Waals surface area contributed by atoms with Gasteiger partial charge in [0.15, 0.2) is 5.78 Å². The molecule has 0 aromatic heterocycles. The van der Waals surface area contributed by atoms with Gasteiger partial charge in [-0.1, -0.05) is 32.0 Å². The average molecular weight is 407 g/mol. The minimum Gasteiger partial charge on any atom is -0.463 e. The van der Waals surface area contributed by atoms with Crippen molar-refractivity contribution in [2.24, 2.45) is 5.41 Å². The van der Waals surface area contributed by atoms with Gasteiger partial charge in [-0.15, -0.1) is 0 Å². The van der Waals surface area contributed by atoms with Crippen molar-refractivity contribution in [1.29, 1.82) is 0 Å². The maximum atomic E-state index is 13.8. The van der Waals surface area contributed by atoms with Crippen LogP contribution in [-0.2, 0) is 20.5 Å². The van der Waals surface area contributed by atoms with Crippen LogP contribution in [0.5, 0.6) is 0 Å². The normalized spacial score (nSPS) is 21.6. The Morgan fingerprint density at radius 1 is 1.24 bits per heavy atom. The minimum atomic E-state index is -4.62. The molecule has 0 fully saturated rings. The average Bonchev–Trinajstić information content (AvgIpc) is 2.58. The summed E-state index contributed by atoms with van der Waals surface area (Å²) in [6, 6.07) is 5.10. The lowest BCUT2D eigenvalue weighted by Crippen LogP contribution is -2.39. The van der Waals surface area contributed by atoms with E-state index in [9.17, 15) is 22.8 Å². The highest BCUT2D eigenvalue weighted by molar-refractivity contribution is 6.04. The van der Waals surface area contributed by atoms with Crippen LogP contribution >= 0.6 is 0 Å². The van der Waals surface area contributed by atoms with Gasteiger partial charge in [-0.25, -0.2) is 4.79 Å². The van der Waals surface area contributed by atoms with Crippen LogP contribution in [0.15, 0.2) is 46.8 Å². The molecule has 0 bridgehead atoms. The molecule has 0 radical (unpaired) electrons. The fourth-order valence-corrected chi connectivity index (χ4v) is 4.23. The summed E-state index contributed by atoms with van der Waals surface area (Å²) in [5, 5.41) is 3.11. The topological polar surface area (TPSA) is 55.4 Å². The van der Waals surface area contributed by atoms with Gasteiger partial charge in [0.2, 0.25) is 0 Å². The maximum absolute atomic E-state index is 13.8. The molecule has 0 saturated carbocycles. The molecule has 1 atom stereocenters. The second-order valence-electron chi connectivity index (χ2n) is 8.24. The largest absolute Gasteiger partial charge is 0.463 e. The van der Waals surface area contributed by atoms with Gasteiger partial charge in [-0.2, -0.15) is 13.2 Å². The third kappa shape index (κ3) is 3.95. The van der Waals surface area contributed by atoms with E-state index in [1.54, 1.807) is 13.8 Å². The van der Waals surface area contributed by atoms with Gasteiger partial charge in [0.05, 0.1) is 17.7 Å². The quantitative estimate of drug-likeness (QED) is 0.726. The fraction of sp³-hybridized carbons (Fsp3) is 0.455. The lowest BCUT2D eigenvalue weighted by molar-refractivity contribution is -0.140. The molecule has 2 aliphatic rings. The number of allylic oxidation sites excluding steroid dienone is 3. The smallest absolute Gasteiger partial charge is 0.416 e. The molecular formula is C22H24F3NO3. The first-order valence-electron chi connectivity index (χ1n) is 9.53. The summed E-state index contributed by atoms with van der Waals surface area (Å²) in [5.41, 5.74) is -0.00689. The van der Waals surface area contributed by atoms with Crippen LogP contribution < -0.4 is 5.32 Å². The Morgan fingerprint density at radius 2 is 1.90 bits per heavy atom. The van der Waals surface area contributed by atoms with E-state index >= 15 is 0 Å². The van der Waals surface area contributed by atoms with Crippen molar-refractivity contribution < 1.29 is 27.5 Å². The minimum absolute atomic E-state index is 0.0513. The van der Waals surface area contributed by atoms with Crippen molar-refractivity contribution >= 4 is 11.8 Å². The number of hydrogen-bond acceptors (Lipinski definition) is 4. The Hall–Kier alpha value is -2.57. The van der Waals surface area contributed by atoms with Gasteiger partial charge < -0.3 is 10.1 Å². The Morgan fingerprint density at radius 3 is 2.52 bits per heavy atom. The Bertz CT molecular complexity index is 925. The number of benzene rings is 1. The van der Waals surface area contributed by atoms with Crippen molar-refractivity contribution in [1.82, 2.24) is 5.32 Å². The van der Waals surface area contributed by atoms with Crippen molar-refractivity contribution in [3.63, 3.8) is 0 Å². The number of hydrogen-bond donors (Lipinski definition) is 1. The molecule has 0 spiro atoms. The second-order valence-corrected chi connectivity index (χ2v) is 8.24. The predicted octanol–water partition coefficient (Wildman–Crippen LogP) is 4.87. The van der Waals surface area contributed by atoms with E-state index in [-0.39, 0.29) is 40.9 Å². The summed E-state index contributed by atoms with van der Waals surface area (Å²) in [4.78, 5) is 25.8. The lowest BCUT2D eigenvalue weighted by atomic mass is 9.68. The SMILES string of the molecule is CCOC(=O)C1=C(C)NC2=C(C(=O)CC(C)(C)C2)C1c1ccccc1C(F)(F)F. The van der Waals surface area contributed by atoms with Crippen LogP contribution in [0.3, 0.4) is 0 Å². The zero-order valence-electron chi connectivity index (χ0n) is 16.9. The van der Waals surface area contributed by atoms with Crippen molar-refractivity contribution in [3.8, 4) is 0 Å².